The largest absolute Gasteiger partial charge is 0.376 e. The van der Waals surface area contributed by atoms with Gasteiger partial charge in [-0.05, 0) is 12.1 Å². The average Bonchev–Trinajstić information content (AvgIpc) is 2.30. The van der Waals surface area contributed by atoms with Gasteiger partial charge in [0.15, 0.2) is 0 Å². The maximum absolute atomic E-state index is 11.2. The molecule has 1 aromatic rings. The van der Waals surface area contributed by atoms with Crippen molar-refractivity contribution in [1.29, 1.82) is 0 Å². The number of nitrogens with one attached hydrogen (secondary N) is 1. The summed E-state index contributed by atoms with van der Waals surface area (Å²) in [6, 6.07) is 9.68. The van der Waals surface area contributed by atoms with E-state index in [4.69, 9.17) is 0 Å². The van der Waals surface area contributed by atoms with Crippen molar-refractivity contribution in [2.45, 2.75) is 13.8 Å². The first kappa shape index (κ1) is 13.5. The minimum absolute atomic E-state index is 0.0730. The molecule has 0 aliphatic heterocycles. The molecule has 15 heavy (non-hydrogen) atoms. The Bertz CT molecular complexity index is 270. The number of amides is 1. The van der Waals surface area contributed by atoms with Gasteiger partial charge in [0.25, 0.3) is 0 Å². The molecule has 1 aromatic carbocycles. The molecule has 0 fully saturated rings. The lowest BCUT2D eigenvalue weighted by molar-refractivity contribution is -0.126. The molecular formula is C12H20N2O. The zero-order chi connectivity index (χ0) is 11.7. The quantitative estimate of drug-likeness (QED) is 0.826. The van der Waals surface area contributed by atoms with Gasteiger partial charge in [-0.25, -0.2) is 0 Å². The molecule has 1 amide bonds. The fourth-order valence-electron chi connectivity index (χ4n) is 0.892. The van der Waals surface area contributed by atoms with Gasteiger partial charge in [0, 0.05) is 19.8 Å². The third kappa shape index (κ3) is 5.73. The van der Waals surface area contributed by atoms with Gasteiger partial charge >= 0.3 is 0 Å². The van der Waals surface area contributed by atoms with Crippen LogP contribution in [0.5, 0.6) is 0 Å². The molecule has 0 saturated heterocycles. The predicted octanol–water partition coefficient (Wildman–Crippen LogP) is 2.21. The number of hydrogen-bond acceptors (Lipinski definition) is 2. The Morgan fingerprint density at radius 3 is 2.20 bits per heavy atom. The van der Waals surface area contributed by atoms with E-state index in [9.17, 15) is 4.79 Å². The normalized spacial score (nSPS) is 8.53. The molecule has 0 heterocycles. The summed E-state index contributed by atoms with van der Waals surface area (Å²) in [4.78, 5) is 12.7. The van der Waals surface area contributed by atoms with Crippen molar-refractivity contribution in [2.75, 3.05) is 26.0 Å². The first-order chi connectivity index (χ1) is 7.20. The molecule has 84 valence electrons. The zero-order valence-corrected chi connectivity index (χ0v) is 9.95. The topological polar surface area (TPSA) is 32.3 Å². The first-order valence-electron chi connectivity index (χ1n) is 5.19. The number of anilines is 1. The lowest BCUT2D eigenvalue weighted by Gasteiger charge is -2.11. The fourth-order valence-corrected chi connectivity index (χ4v) is 0.892. The predicted molar refractivity (Wildman–Crippen MR) is 65.0 cm³/mol. The molecule has 0 spiro atoms. The number of likely N-dealkylation sites (N-methyl/N-ethyl adjacent to an activating group) is 1. The Labute approximate surface area is 92.1 Å². The Kier molecular flexibility index (Phi) is 7.06. The molecule has 3 nitrogen and oxygen atoms in total. The van der Waals surface area contributed by atoms with Gasteiger partial charge in [0.2, 0.25) is 5.91 Å². The van der Waals surface area contributed by atoms with Crippen LogP contribution in [0.15, 0.2) is 30.3 Å². The maximum atomic E-state index is 11.2. The van der Waals surface area contributed by atoms with E-state index in [2.05, 4.69) is 5.32 Å². The minimum Gasteiger partial charge on any atom is -0.376 e. The van der Waals surface area contributed by atoms with Crippen LogP contribution in [0.4, 0.5) is 5.69 Å². The summed E-state index contributed by atoms with van der Waals surface area (Å²) in [5.41, 5.74) is 0.970. The van der Waals surface area contributed by atoms with Crippen LogP contribution in [0.25, 0.3) is 0 Å². The first-order valence-corrected chi connectivity index (χ1v) is 5.19. The fraction of sp³-hybridized carbons (Fsp3) is 0.417. The second-order valence-corrected chi connectivity index (χ2v) is 3.01. The molecule has 0 bridgehead atoms. The van der Waals surface area contributed by atoms with E-state index in [1.54, 1.807) is 19.0 Å². The highest BCUT2D eigenvalue weighted by Crippen LogP contribution is 2.03. The highest BCUT2D eigenvalue weighted by atomic mass is 16.2. The van der Waals surface area contributed by atoms with Crippen molar-refractivity contribution in [2.24, 2.45) is 0 Å². The smallest absolute Gasteiger partial charge is 0.241 e. The lowest BCUT2D eigenvalue weighted by Crippen LogP contribution is -2.28. The van der Waals surface area contributed by atoms with E-state index >= 15 is 0 Å². The standard InChI is InChI=1S/C10H14N2O.C2H6/c1-12(2)10(13)8-11-9-6-4-3-5-7-9;1-2/h3-7,11H,8H2,1-2H3;1-2H3. The molecule has 3 heteroatoms. The van der Waals surface area contributed by atoms with E-state index < -0.39 is 0 Å². The van der Waals surface area contributed by atoms with Crippen LogP contribution in [0.1, 0.15) is 13.8 Å². The monoisotopic (exact) mass is 208 g/mol. The number of nitrogens with zero attached hydrogens (tertiary/aromatic N) is 1. The van der Waals surface area contributed by atoms with Crippen LogP contribution in [-0.2, 0) is 4.79 Å². The van der Waals surface area contributed by atoms with Crippen LogP contribution in [-0.4, -0.2) is 31.4 Å². The maximum Gasteiger partial charge on any atom is 0.241 e. The van der Waals surface area contributed by atoms with Crippen LogP contribution in [0, 0.1) is 0 Å². The molecule has 1 N–H and O–H groups in total. The summed E-state index contributed by atoms with van der Waals surface area (Å²) in [5.74, 6) is 0.0730. The number of carbonyl (C=O) groups is 1. The third-order valence-electron chi connectivity index (χ3n) is 1.72. The SMILES string of the molecule is CC.CN(C)C(=O)CNc1ccccc1. The summed E-state index contributed by atoms with van der Waals surface area (Å²) in [6.07, 6.45) is 0. The molecule has 0 atom stereocenters. The molecule has 0 radical (unpaired) electrons. The van der Waals surface area contributed by atoms with Crippen LogP contribution in [0.3, 0.4) is 0 Å². The Balaban J connectivity index is 0.000000921. The molecule has 0 aliphatic rings. The highest BCUT2D eigenvalue weighted by Gasteiger charge is 2.01. The van der Waals surface area contributed by atoms with E-state index in [1.165, 1.54) is 0 Å². The van der Waals surface area contributed by atoms with E-state index in [1.807, 2.05) is 44.2 Å². The van der Waals surface area contributed by atoms with Crippen LogP contribution < -0.4 is 5.32 Å². The number of benzene rings is 1. The number of rotatable bonds is 3. The van der Waals surface area contributed by atoms with Crippen molar-refractivity contribution in [3.8, 4) is 0 Å². The van der Waals surface area contributed by atoms with Crippen molar-refractivity contribution in [3.05, 3.63) is 30.3 Å². The van der Waals surface area contributed by atoms with Crippen LogP contribution in [0.2, 0.25) is 0 Å². The van der Waals surface area contributed by atoms with Gasteiger partial charge in [-0.1, -0.05) is 32.0 Å². The van der Waals surface area contributed by atoms with Crippen molar-refractivity contribution < 1.29 is 4.79 Å². The second kappa shape index (κ2) is 7.85. The second-order valence-electron chi connectivity index (χ2n) is 3.01. The zero-order valence-electron chi connectivity index (χ0n) is 9.95. The van der Waals surface area contributed by atoms with Gasteiger partial charge in [-0.3, -0.25) is 4.79 Å². The number of para-hydroxylation sites is 1. The van der Waals surface area contributed by atoms with E-state index in [-0.39, 0.29) is 5.91 Å². The van der Waals surface area contributed by atoms with Crippen molar-refractivity contribution >= 4 is 11.6 Å². The van der Waals surface area contributed by atoms with Crippen LogP contribution >= 0.6 is 0 Å². The van der Waals surface area contributed by atoms with Gasteiger partial charge < -0.3 is 10.2 Å². The van der Waals surface area contributed by atoms with Gasteiger partial charge in [-0.15, -0.1) is 0 Å². The summed E-state index contributed by atoms with van der Waals surface area (Å²) >= 11 is 0. The van der Waals surface area contributed by atoms with E-state index in [0.717, 1.165) is 5.69 Å². The third-order valence-corrected chi connectivity index (χ3v) is 1.72. The summed E-state index contributed by atoms with van der Waals surface area (Å²) in [7, 11) is 3.49. The number of hydrogen-bond donors (Lipinski definition) is 1. The summed E-state index contributed by atoms with van der Waals surface area (Å²) in [5, 5.41) is 3.03. The molecule has 0 aromatic heterocycles. The van der Waals surface area contributed by atoms with Crippen molar-refractivity contribution in [1.82, 2.24) is 4.90 Å². The van der Waals surface area contributed by atoms with Crippen molar-refractivity contribution in [3.63, 3.8) is 0 Å². The van der Waals surface area contributed by atoms with E-state index in [0.29, 0.717) is 6.54 Å². The minimum atomic E-state index is 0.0730. The molecule has 1 rings (SSSR count). The summed E-state index contributed by atoms with van der Waals surface area (Å²) in [6.45, 7) is 4.34. The van der Waals surface area contributed by atoms with Gasteiger partial charge in [0.1, 0.15) is 0 Å². The lowest BCUT2D eigenvalue weighted by atomic mass is 10.3. The molecule has 0 aliphatic carbocycles. The number of carbonyl (C=O) groups excluding carboxylic acids is 1. The Hall–Kier alpha value is -1.51. The Morgan fingerprint density at radius 2 is 1.73 bits per heavy atom. The highest BCUT2D eigenvalue weighted by molar-refractivity contribution is 5.80. The Morgan fingerprint density at radius 1 is 1.20 bits per heavy atom. The summed E-state index contributed by atoms with van der Waals surface area (Å²) < 4.78 is 0. The molecule has 0 saturated carbocycles. The van der Waals surface area contributed by atoms with Gasteiger partial charge in [-0.2, -0.15) is 0 Å². The molecular weight excluding hydrogens is 188 g/mol. The van der Waals surface area contributed by atoms with Gasteiger partial charge in [0.05, 0.1) is 6.54 Å². The molecule has 0 unspecified atom stereocenters. The average molecular weight is 208 g/mol.